The number of nitrogens with two attached hydrogens (primary N) is 1. The van der Waals surface area contributed by atoms with Crippen LogP contribution >= 0.6 is 11.8 Å². The highest BCUT2D eigenvalue weighted by atomic mass is 32.2. The number of hydrogen-bond donors (Lipinski definition) is 2. The van der Waals surface area contributed by atoms with E-state index >= 15 is 0 Å². The number of rotatable bonds is 5. The molecule has 0 radical (unpaired) electrons. The highest BCUT2D eigenvalue weighted by Crippen LogP contribution is 2.50. The molecule has 0 aromatic heterocycles. The molecule has 0 amide bonds. The second-order valence-electron chi connectivity index (χ2n) is 7.29. The molecule has 3 rings (SSSR count). The van der Waals surface area contributed by atoms with Crippen molar-refractivity contribution in [1.82, 2.24) is 5.32 Å². The number of benzene rings is 1. The normalized spacial score (nSPS) is 30.0. The highest BCUT2D eigenvalue weighted by Gasteiger charge is 2.52. The summed E-state index contributed by atoms with van der Waals surface area (Å²) in [5.74, 6) is -2.38. The van der Waals surface area contributed by atoms with Crippen molar-refractivity contribution in [2.75, 3.05) is 19.8 Å². The third-order valence-corrected chi connectivity index (χ3v) is 6.30. The van der Waals surface area contributed by atoms with Gasteiger partial charge in [-0.2, -0.15) is 13.2 Å². The molecule has 0 bridgehead atoms. The lowest BCUT2D eigenvalue weighted by molar-refractivity contribution is -0.125. The summed E-state index contributed by atoms with van der Waals surface area (Å²) in [5.41, 5.74) is 4.30. The zero-order valence-electron chi connectivity index (χ0n) is 15.5. The molecular formula is C18H21F6N3OS. The van der Waals surface area contributed by atoms with Crippen LogP contribution in [0.1, 0.15) is 24.5 Å². The first-order chi connectivity index (χ1) is 13.6. The van der Waals surface area contributed by atoms with Crippen LogP contribution in [-0.2, 0) is 16.8 Å². The maximum absolute atomic E-state index is 14.8. The SMILES string of the molecule is C[C@H]1C[C@H]2[C@@H](CF)SC(N)=N[C@@]2(c2cc(CNCC(F)(F)F)c(F)cc2F)CO1. The number of aliphatic imine (C=N–C) groups is 1. The van der Waals surface area contributed by atoms with Gasteiger partial charge in [-0.1, -0.05) is 11.8 Å². The maximum Gasteiger partial charge on any atom is 0.401 e. The van der Waals surface area contributed by atoms with Crippen molar-refractivity contribution in [2.45, 2.75) is 43.0 Å². The molecule has 4 nitrogen and oxygen atoms in total. The number of fused-ring (bicyclic) bond motifs is 1. The van der Waals surface area contributed by atoms with E-state index in [0.29, 0.717) is 12.5 Å². The fraction of sp³-hybridized carbons (Fsp3) is 0.611. The van der Waals surface area contributed by atoms with E-state index in [9.17, 15) is 26.3 Å². The van der Waals surface area contributed by atoms with Crippen molar-refractivity contribution in [1.29, 1.82) is 0 Å². The Morgan fingerprint density at radius 2 is 2.03 bits per heavy atom. The minimum absolute atomic E-state index is 0.0543. The third kappa shape index (κ3) is 4.66. The standard InChI is InChI=1S/C18H21F6N3OS/c1-9-2-12-15(5-19)29-16(25)27-17(12,8-28-9)11-3-10(13(20)4-14(11)21)6-26-7-18(22,23)24/h3-4,9,12,15,26H,2,5-8H2,1H3,(H2,25,27)/t9-,12-,15+,17+/m0/s1. The number of amidine groups is 1. The van der Waals surface area contributed by atoms with Gasteiger partial charge < -0.3 is 15.8 Å². The molecule has 1 fully saturated rings. The Morgan fingerprint density at radius 3 is 2.69 bits per heavy atom. The van der Waals surface area contributed by atoms with Gasteiger partial charge in [0.1, 0.15) is 23.8 Å². The summed E-state index contributed by atoms with van der Waals surface area (Å²) in [5, 5.41) is 1.56. The second kappa shape index (κ2) is 8.35. The summed E-state index contributed by atoms with van der Waals surface area (Å²) in [6.45, 7) is -0.785. The molecule has 0 spiro atoms. The zero-order chi connectivity index (χ0) is 21.4. The molecule has 4 atom stereocenters. The second-order valence-corrected chi connectivity index (χ2v) is 8.55. The molecular weight excluding hydrogens is 420 g/mol. The lowest BCUT2D eigenvalue weighted by Crippen LogP contribution is -2.53. The number of halogens is 6. The largest absolute Gasteiger partial charge is 0.401 e. The van der Waals surface area contributed by atoms with Gasteiger partial charge in [-0.05, 0) is 19.4 Å². The minimum Gasteiger partial charge on any atom is -0.379 e. The Kier molecular flexibility index (Phi) is 6.40. The molecule has 2 heterocycles. The molecule has 0 unspecified atom stereocenters. The molecule has 3 N–H and O–H groups in total. The predicted octanol–water partition coefficient (Wildman–Crippen LogP) is 3.64. The summed E-state index contributed by atoms with van der Waals surface area (Å²) < 4.78 is 85.6. The third-order valence-electron chi connectivity index (χ3n) is 5.21. The molecule has 2 aliphatic heterocycles. The summed E-state index contributed by atoms with van der Waals surface area (Å²) in [6.07, 6.45) is -4.30. The topological polar surface area (TPSA) is 59.6 Å². The van der Waals surface area contributed by atoms with Gasteiger partial charge in [-0.3, -0.25) is 0 Å². The monoisotopic (exact) mass is 441 g/mol. The van der Waals surface area contributed by atoms with E-state index < -0.39 is 54.3 Å². The predicted molar refractivity (Wildman–Crippen MR) is 98.3 cm³/mol. The quantitative estimate of drug-likeness (QED) is 0.686. The Labute approximate surface area is 168 Å². The van der Waals surface area contributed by atoms with Crippen molar-refractivity contribution in [3.05, 3.63) is 34.9 Å². The van der Waals surface area contributed by atoms with E-state index in [0.717, 1.165) is 17.8 Å². The van der Waals surface area contributed by atoms with Crippen molar-refractivity contribution in [3.63, 3.8) is 0 Å². The van der Waals surface area contributed by atoms with Gasteiger partial charge in [0.15, 0.2) is 5.17 Å². The van der Waals surface area contributed by atoms with E-state index in [1.165, 1.54) is 0 Å². The van der Waals surface area contributed by atoms with E-state index in [4.69, 9.17) is 10.5 Å². The number of nitrogens with zero attached hydrogens (tertiary/aromatic N) is 1. The molecule has 11 heteroatoms. The van der Waals surface area contributed by atoms with Crippen molar-refractivity contribution < 1.29 is 31.1 Å². The smallest absolute Gasteiger partial charge is 0.379 e. The highest BCUT2D eigenvalue weighted by molar-refractivity contribution is 8.14. The molecule has 1 aromatic carbocycles. The van der Waals surface area contributed by atoms with Gasteiger partial charge in [-0.25, -0.2) is 18.2 Å². The van der Waals surface area contributed by atoms with Gasteiger partial charge in [0.2, 0.25) is 0 Å². The number of nitrogens with one attached hydrogen (secondary N) is 1. The maximum atomic E-state index is 14.8. The number of ether oxygens (including phenoxy) is 1. The first kappa shape index (κ1) is 22.2. The Morgan fingerprint density at radius 1 is 1.31 bits per heavy atom. The van der Waals surface area contributed by atoms with E-state index in [-0.39, 0.29) is 29.0 Å². The van der Waals surface area contributed by atoms with Crippen LogP contribution in [0.3, 0.4) is 0 Å². The van der Waals surface area contributed by atoms with Crippen LogP contribution in [0, 0.1) is 17.6 Å². The Hall–Kier alpha value is -1.46. The van der Waals surface area contributed by atoms with Crippen LogP contribution in [0.15, 0.2) is 17.1 Å². The molecule has 0 aliphatic carbocycles. The number of thioether (sulfide) groups is 1. The van der Waals surface area contributed by atoms with Gasteiger partial charge in [-0.15, -0.1) is 0 Å². The van der Waals surface area contributed by atoms with Crippen LogP contribution in [0.25, 0.3) is 0 Å². The van der Waals surface area contributed by atoms with Gasteiger partial charge >= 0.3 is 6.18 Å². The number of hydrogen-bond acceptors (Lipinski definition) is 5. The molecule has 1 saturated heterocycles. The van der Waals surface area contributed by atoms with E-state index in [1.807, 2.05) is 0 Å². The first-order valence-corrected chi connectivity index (χ1v) is 9.89. The minimum atomic E-state index is -4.47. The lowest BCUT2D eigenvalue weighted by atomic mass is 9.72. The molecule has 2 aliphatic rings. The van der Waals surface area contributed by atoms with Crippen LogP contribution in [-0.4, -0.2) is 42.5 Å². The van der Waals surface area contributed by atoms with Crippen molar-refractivity contribution >= 4 is 16.9 Å². The van der Waals surface area contributed by atoms with Crippen LogP contribution in [0.5, 0.6) is 0 Å². The molecule has 0 saturated carbocycles. The molecule has 162 valence electrons. The van der Waals surface area contributed by atoms with Gasteiger partial charge in [0, 0.05) is 34.9 Å². The van der Waals surface area contributed by atoms with E-state index in [1.54, 1.807) is 6.92 Å². The van der Waals surface area contributed by atoms with Crippen LogP contribution in [0.2, 0.25) is 0 Å². The van der Waals surface area contributed by atoms with Gasteiger partial charge in [0.25, 0.3) is 0 Å². The van der Waals surface area contributed by atoms with Crippen molar-refractivity contribution in [3.8, 4) is 0 Å². The zero-order valence-corrected chi connectivity index (χ0v) is 16.3. The van der Waals surface area contributed by atoms with Crippen molar-refractivity contribution in [2.24, 2.45) is 16.6 Å². The summed E-state index contributed by atoms with van der Waals surface area (Å²) in [7, 11) is 0. The fourth-order valence-electron chi connectivity index (χ4n) is 3.91. The van der Waals surface area contributed by atoms with Gasteiger partial charge in [0.05, 0.1) is 19.3 Å². The Balaban J connectivity index is 2.02. The van der Waals surface area contributed by atoms with Crippen LogP contribution < -0.4 is 11.1 Å². The van der Waals surface area contributed by atoms with Crippen LogP contribution in [0.4, 0.5) is 26.3 Å². The first-order valence-electron chi connectivity index (χ1n) is 9.01. The fourth-order valence-corrected chi connectivity index (χ4v) is 5.00. The number of alkyl halides is 4. The Bertz CT molecular complexity index is 790. The lowest BCUT2D eigenvalue weighted by Gasteiger charge is -2.48. The summed E-state index contributed by atoms with van der Waals surface area (Å²) in [6, 6.07) is 1.75. The summed E-state index contributed by atoms with van der Waals surface area (Å²) >= 11 is 1.06. The van der Waals surface area contributed by atoms with E-state index in [2.05, 4.69) is 10.3 Å². The molecule has 29 heavy (non-hydrogen) atoms. The average molecular weight is 441 g/mol. The molecule has 1 aromatic rings. The average Bonchev–Trinajstić information content (AvgIpc) is 2.62. The summed E-state index contributed by atoms with van der Waals surface area (Å²) in [4.78, 5) is 4.39.